The molecule has 9 heteroatoms. The summed E-state index contributed by atoms with van der Waals surface area (Å²) < 4.78 is 10.6. The first-order chi connectivity index (χ1) is 15.2. The molecule has 2 bridgehead atoms. The molecule has 1 aromatic heterocycles. The molecule has 2 fully saturated rings. The molecule has 0 radical (unpaired) electrons. The minimum absolute atomic E-state index is 0.105. The molecular formula is C23H29ClN4O4. The van der Waals surface area contributed by atoms with Crippen LogP contribution < -0.4 is 9.64 Å². The third-order valence-electron chi connectivity index (χ3n) is 6.94. The number of ether oxygens (including phenoxy) is 2. The Morgan fingerprint density at radius 2 is 1.91 bits per heavy atom. The second-order valence-electron chi connectivity index (χ2n) is 9.25. The molecule has 2 aliphatic heterocycles. The maximum absolute atomic E-state index is 11.9. The van der Waals surface area contributed by atoms with E-state index in [1.807, 2.05) is 25.2 Å². The van der Waals surface area contributed by atoms with Gasteiger partial charge < -0.3 is 19.5 Å². The van der Waals surface area contributed by atoms with Crippen molar-refractivity contribution >= 4 is 23.5 Å². The lowest BCUT2D eigenvalue weighted by atomic mass is 9.82. The fourth-order valence-electron chi connectivity index (χ4n) is 5.42. The number of nitrogens with zero attached hydrogens (tertiary/aromatic N) is 4. The topological polar surface area (TPSA) is 88.0 Å². The van der Waals surface area contributed by atoms with Gasteiger partial charge in [0.05, 0.1) is 5.69 Å². The highest BCUT2D eigenvalue weighted by atomic mass is 35.5. The summed E-state index contributed by atoms with van der Waals surface area (Å²) in [4.78, 5) is 15.7. The first kappa shape index (κ1) is 22.6. The van der Waals surface area contributed by atoms with Crippen LogP contribution in [0.4, 0.5) is 10.6 Å². The lowest BCUT2D eigenvalue weighted by Crippen LogP contribution is -2.62. The highest BCUT2D eigenvalue weighted by Gasteiger charge is 2.58. The number of halogens is 1. The van der Waals surface area contributed by atoms with Crippen LogP contribution in [-0.4, -0.2) is 64.4 Å². The number of fused-ring (bicyclic) bond motifs is 2. The molecule has 2 saturated heterocycles. The van der Waals surface area contributed by atoms with E-state index < -0.39 is 6.09 Å². The quantitative estimate of drug-likeness (QED) is 0.626. The molecule has 8 nitrogen and oxygen atoms in total. The van der Waals surface area contributed by atoms with Crippen LogP contribution >= 0.6 is 11.6 Å². The molecular weight excluding hydrogens is 432 g/mol. The highest BCUT2D eigenvalue weighted by molar-refractivity contribution is 6.30. The van der Waals surface area contributed by atoms with Crippen molar-refractivity contribution in [2.75, 3.05) is 25.9 Å². The van der Waals surface area contributed by atoms with Gasteiger partial charge in [-0.1, -0.05) is 11.6 Å². The lowest BCUT2D eigenvalue weighted by Gasteiger charge is -2.51. The van der Waals surface area contributed by atoms with Crippen molar-refractivity contribution in [1.29, 1.82) is 0 Å². The Hall–Kier alpha value is -2.58. The van der Waals surface area contributed by atoms with Gasteiger partial charge in [0, 0.05) is 41.9 Å². The predicted molar refractivity (Wildman–Crippen MR) is 122 cm³/mol. The molecule has 0 spiro atoms. The Balaban J connectivity index is 1.55. The van der Waals surface area contributed by atoms with Crippen LogP contribution in [0.25, 0.3) is 11.3 Å². The molecule has 2 aromatic rings. The van der Waals surface area contributed by atoms with E-state index in [4.69, 9.17) is 21.1 Å². The molecule has 3 atom stereocenters. The van der Waals surface area contributed by atoms with Crippen LogP contribution in [0, 0.1) is 0 Å². The Kier molecular flexibility index (Phi) is 5.94. The zero-order chi connectivity index (χ0) is 23.1. The molecule has 1 aromatic carbocycles. The number of carbonyl (C=O) groups is 1. The maximum atomic E-state index is 11.9. The minimum Gasteiger partial charge on any atom is -0.467 e. The summed E-state index contributed by atoms with van der Waals surface area (Å²) in [5, 5.41) is 19.3. The van der Waals surface area contributed by atoms with Crippen molar-refractivity contribution in [3.63, 3.8) is 0 Å². The lowest BCUT2D eigenvalue weighted by molar-refractivity contribution is 0.0131. The second kappa shape index (κ2) is 8.41. The number of amides is 1. The van der Waals surface area contributed by atoms with E-state index in [2.05, 4.69) is 28.9 Å². The molecule has 3 heterocycles. The normalized spacial score (nSPS) is 26.8. The minimum atomic E-state index is -0.827. The molecule has 32 heavy (non-hydrogen) atoms. The van der Waals surface area contributed by atoms with Crippen LogP contribution in [0.1, 0.15) is 39.5 Å². The van der Waals surface area contributed by atoms with E-state index in [1.54, 1.807) is 24.1 Å². The number of rotatable bonds is 6. The van der Waals surface area contributed by atoms with Crippen molar-refractivity contribution in [3.8, 4) is 17.0 Å². The Morgan fingerprint density at radius 3 is 2.47 bits per heavy atom. The number of hydrogen-bond acceptors (Lipinski definition) is 6. The fourth-order valence-corrected chi connectivity index (χ4v) is 5.58. The van der Waals surface area contributed by atoms with Crippen LogP contribution in [0.2, 0.25) is 5.02 Å². The third-order valence-corrected chi connectivity index (χ3v) is 7.17. The van der Waals surface area contributed by atoms with Crippen molar-refractivity contribution < 1.29 is 19.4 Å². The summed E-state index contributed by atoms with van der Waals surface area (Å²) in [6, 6.07) is 9.39. The van der Waals surface area contributed by atoms with Crippen LogP contribution in [0.5, 0.6) is 5.75 Å². The summed E-state index contributed by atoms with van der Waals surface area (Å²) in [6.45, 7) is 4.22. The summed E-state index contributed by atoms with van der Waals surface area (Å²) in [6.07, 6.45) is 2.46. The number of benzene rings is 1. The van der Waals surface area contributed by atoms with Gasteiger partial charge in [-0.3, -0.25) is 4.90 Å². The number of piperidine rings is 1. The van der Waals surface area contributed by atoms with Gasteiger partial charge in [0.15, 0.2) is 12.6 Å². The van der Waals surface area contributed by atoms with Gasteiger partial charge in [0.2, 0.25) is 0 Å². The van der Waals surface area contributed by atoms with E-state index in [0.717, 1.165) is 37.1 Å². The third kappa shape index (κ3) is 3.97. The Bertz CT molecular complexity index is 984. The summed E-state index contributed by atoms with van der Waals surface area (Å²) >= 11 is 6.11. The van der Waals surface area contributed by atoms with Crippen molar-refractivity contribution in [3.05, 3.63) is 35.4 Å². The van der Waals surface area contributed by atoms with Gasteiger partial charge in [0.1, 0.15) is 5.75 Å². The van der Waals surface area contributed by atoms with E-state index in [9.17, 15) is 9.90 Å². The van der Waals surface area contributed by atoms with Gasteiger partial charge in [-0.2, -0.15) is 0 Å². The van der Waals surface area contributed by atoms with Crippen LogP contribution in [0.15, 0.2) is 30.3 Å². The standard InChI is InChI=1S/C23H29ClN4O4/c1-22-9-10-23(2,28(22)21(29)30)13-16(12-22)27(3)20-8-7-18(25-26-20)17-6-5-15(24)11-19(17)32-14-31-4/h5-8,11,16H,9-10,12-14H2,1-4H3,(H,29,30)/t16?,22-,23+. The molecule has 0 saturated carbocycles. The van der Waals surface area contributed by atoms with Gasteiger partial charge in [-0.05, 0) is 69.9 Å². The van der Waals surface area contributed by atoms with Crippen molar-refractivity contribution in [2.24, 2.45) is 0 Å². The zero-order valence-corrected chi connectivity index (χ0v) is 19.6. The van der Waals surface area contributed by atoms with Gasteiger partial charge in [-0.25, -0.2) is 4.79 Å². The van der Waals surface area contributed by atoms with Gasteiger partial charge in [-0.15, -0.1) is 10.2 Å². The SMILES string of the molecule is COCOc1cc(Cl)ccc1-c1ccc(N(C)C2C[C@]3(C)CC[C@](C)(C2)N3C(=O)O)nn1. The molecule has 4 rings (SSSR count). The van der Waals surface area contributed by atoms with Gasteiger partial charge >= 0.3 is 6.09 Å². The molecule has 172 valence electrons. The summed E-state index contributed by atoms with van der Waals surface area (Å²) in [5.74, 6) is 1.33. The smallest absolute Gasteiger partial charge is 0.408 e. The average Bonchev–Trinajstić information content (AvgIpc) is 2.93. The fraction of sp³-hybridized carbons (Fsp3) is 0.522. The maximum Gasteiger partial charge on any atom is 0.408 e. The molecule has 0 aliphatic carbocycles. The monoisotopic (exact) mass is 460 g/mol. The number of hydrogen-bond donors (Lipinski definition) is 1. The van der Waals surface area contributed by atoms with Gasteiger partial charge in [0.25, 0.3) is 0 Å². The van der Waals surface area contributed by atoms with Crippen LogP contribution in [-0.2, 0) is 4.74 Å². The zero-order valence-electron chi connectivity index (χ0n) is 18.8. The molecule has 1 N–H and O–H groups in total. The van der Waals surface area contributed by atoms with E-state index in [1.165, 1.54) is 0 Å². The molecule has 1 amide bonds. The first-order valence-electron chi connectivity index (χ1n) is 10.7. The van der Waals surface area contributed by atoms with Crippen LogP contribution in [0.3, 0.4) is 0 Å². The Labute approximate surface area is 193 Å². The summed E-state index contributed by atoms with van der Waals surface area (Å²) in [5.41, 5.74) is 0.731. The average molecular weight is 461 g/mol. The van der Waals surface area contributed by atoms with E-state index in [-0.39, 0.29) is 23.9 Å². The Morgan fingerprint density at radius 1 is 1.22 bits per heavy atom. The number of aromatic nitrogens is 2. The molecule has 1 unspecified atom stereocenters. The largest absolute Gasteiger partial charge is 0.467 e. The molecule has 2 aliphatic rings. The number of anilines is 1. The van der Waals surface area contributed by atoms with E-state index >= 15 is 0 Å². The number of methoxy groups -OCH3 is 1. The first-order valence-corrected chi connectivity index (χ1v) is 11.1. The number of carboxylic acid groups (broad SMARTS) is 1. The summed E-state index contributed by atoms with van der Waals surface area (Å²) in [7, 11) is 3.56. The second-order valence-corrected chi connectivity index (χ2v) is 9.69. The highest BCUT2D eigenvalue weighted by Crippen LogP contribution is 2.51. The van der Waals surface area contributed by atoms with Crippen molar-refractivity contribution in [1.82, 2.24) is 15.1 Å². The predicted octanol–water partition coefficient (Wildman–Crippen LogP) is 4.67. The van der Waals surface area contributed by atoms with Crippen molar-refractivity contribution in [2.45, 2.75) is 56.7 Å². The van der Waals surface area contributed by atoms with E-state index in [0.29, 0.717) is 16.5 Å².